The van der Waals surface area contributed by atoms with Crippen LogP contribution < -0.4 is 15.8 Å². The van der Waals surface area contributed by atoms with Crippen LogP contribution >= 0.6 is 12.4 Å². The SMILES string of the molecule is Cc1ccc(Oc2ccc(NC(=O)CCN)cn2)cc1C.Cl. The van der Waals surface area contributed by atoms with Gasteiger partial charge in [-0.15, -0.1) is 12.4 Å². The van der Waals surface area contributed by atoms with Gasteiger partial charge in [-0.3, -0.25) is 4.79 Å². The Hall–Kier alpha value is -2.11. The number of aryl methyl sites for hydroxylation is 2. The summed E-state index contributed by atoms with van der Waals surface area (Å²) >= 11 is 0. The highest BCUT2D eigenvalue weighted by Gasteiger charge is 2.03. The Labute approximate surface area is 136 Å². The van der Waals surface area contributed by atoms with E-state index in [9.17, 15) is 4.79 Å². The van der Waals surface area contributed by atoms with Gasteiger partial charge in [0.05, 0.1) is 11.9 Å². The second-order valence-corrected chi connectivity index (χ2v) is 4.82. The maximum Gasteiger partial charge on any atom is 0.225 e. The molecule has 0 saturated heterocycles. The minimum absolute atomic E-state index is 0. The van der Waals surface area contributed by atoms with E-state index in [-0.39, 0.29) is 18.3 Å². The number of nitrogens with zero attached hydrogens (tertiary/aromatic N) is 1. The topological polar surface area (TPSA) is 77.2 Å². The predicted molar refractivity (Wildman–Crippen MR) is 89.8 cm³/mol. The number of ether oxygens (including phenoxy) is 1. The van der Waals surface area contributed by atoms with E-state index in [1.54, 1.807) is 18.3 Å². The van der Waals surface area contributed by atoms with Gasteiger partial charge in [-0.05, 0) is 43.2 Å². The molecule has 2 aromatic rings. The molecule has 0 unspecified atom stereocenters. The molecule has 2 rings (SSSR count). The van der Waals surface area contributed by atoms with Gasteiger partial charge in [0.1, 0.15) is 5.75 Å². The maximum absolute atomic E-state index is 11.4. The van der Waals surface area contributed by atoms with E-state index < -0.39 is 0 Å². The predicted octanol–water partition coefficient (Wildman–Crippen LogP) is 3.20. The van der Waals surface area contributed by atoms with Crippen molar-refractivity contribution < 1.29 is 9.53 Å². The molecule has 118 valence electrons. The number of nitrogens with two attached hydrogens (primary N) is 1. The highest BCUT2D eigenvalue weighted by Crippen LogP contribution is 2.22. The molecule has 1 aromatic heterocycles. The Kier molecular flexibility index (Phi) is 6.82. The minimum atomic E-state index is -0.123. The van der Waals surface area contributed by atoms with Crippen molar-refractivity contribution in [1.82, 2.24) is 4.98 Å². The monoisotopic (exact) mass is 321 g/mol. The molecule has 5 nitrogen and oxygen atoms in total. The molecule has 0 aliphatic rings. The van der Waals surface area contributed by atoms with Crippen molar-refractivity contribution in [3.8, 4) is 11.6 Å². The lowest BCUT2D eigenvalue weighted by Crippen LogP contribution is -2.16. The van der Waals surface area contributed by atoms with Crippen LogP contribution in [-0.2, 0) is 4.79 Å². The van der Waals surface area contributed by atoms with Crippen LogP contribution in [0.3, 0.4) is 0 Å². The molecule has 1 heterocycles. The first kappa shape index (κ1) is 17.9. The van der Waals surface area contributed by atoms with E-state index in [4.69, 9.17) is 10.5 Å². The van der Waals surface area contributed by atoms with Crippen molar-refractivity contribution in [2.75, 3.05) is 11.9 Å². The van der Waals surface area contributed by atoms with Gasteiger partial charge in [-0.25, -0.2) is 4.98 Å². The fraction of sp³-hybridized carbons (Fsp3) is 0.250. The number of rotatable bonds is 5. The minimum Gasteiger partial charge on any atom is -0.439 e. The van der Waals surface area contributed by atoms with Gasteiger partial charge < -0.3 is 15.8 Å². The smallest absolute Gasteiger partial charge is 0.225 e. The van der Waals surface area contributed by atoms with E-state index >= 15 is 0 Å². The van der Waals surface area contributed by atoms with Gasteiger partial charge in [0, 0.05) is 19.0 Å². The van der Waals surface area contributed by atoms with E-state index in [1.165, 1.54) is 5.56 Å². The van der Waals surface area contributed by atoms with E-state index in [1.807, 2.05) is 25.1 Å². The van der Waals surface area contributed by atoms with Crippen molar-refractivity contribution in [3.63, 3.8) is 0 Å². The third kappa shape index (κ3) is 5.02. The normalized spacial score (nSPS) is 9.77. The average Bonchev–Trinajstić information content (AvgIpc) is 2.45. The lowest BCUT2D eigenvalue weighted by atomic mass is 10.1. The molecule has 0 spiro atoms. The third-order valence-corrected chi connectivity index (χ3v) is 3.09. The lowest BCUT2D eigenvalue weighted by Gasteiger charge is -2.08. The Morgan fingerprint density at radius 2 is 2.00 bits per heavy atom. The molecule has 1 amide bonds. The highest BCUT2D eigenvalue weighted by atomic mass is 35.5. The van der Waals surface area contributed by atoms with Crippen LogP contribution in [0, 0.1) is 13.8 Å². The number of aromatic nitrogens is 1. The second kappa shape index (κ2) is 8.36. The molecule has 1 aromatic carbocycles. The first-order valence-corrected chi connectivity index (χ1v) is 6.79. The lowest BCUT2D eigenvalue weighted by molar-refractivity contribution is -0.116. The molecule has 0 bridgehead atoms. The van der Waals surface area contributed by atoms with Crippen LogP contribution in [0.25, 0.3) is 0 Å². The molecule has 6 heteroatoms. The number of carbonyl (C=O) groups excluding carboxylic acids is 1. The molecule has 0 aliphatic heterocycles. The Morgan fingerprint density at radius 3 is 2.59 bits per heavy atom. The molecule has 0 aliphatic carbocycles. The van der Waals surface area contributed by atoms with Gasteiger partial charge in [0.15, 0.2) is 0 Å². The fourth-order valence-corrected chi connectivity index (χ4v) is 1.77. The number of amides is 1. The number of carbonyl (C=O) groups is 1. The van der Waals surface area contributed by atoms with Gasteiger partial charge in [-0.2, -0.15) is 0 Å². The molecule has 0 fully saturated rings. The van der Waals surface area contributed by atoms with Gasteiger partial charge >= 0.3 is 0 Å². The number of anilines is 1. The Bertz CT molecular complexity index is 630. The fourth-order valence-electron chi connectivity index (χ4n) is 1.77. The number of nitrogens with one attached hydrogen (secondary N) is 1. The molecule has 0 atom stereocenters. The molecule has 3 N–H and O–H groups in total. The van der Waals surface area contributed by atoms with Crippen molar-refractivity contribution in [3.05, 3.63) is 47.7 Å². The molecular weight excluding hydrogens is 302 g/mol. The summed E-state index contributed by atoms with van der Waals surface area (Å²) in [6.45, 7) is 4.41. The van der Waals surface area contributed by atoms with Crippen LogP contribution in [-0.4, -0.2) is 17.4 Å². The second-order valence-electron chi connectivity index (χ2n) is 4.82. The standard InChI is InChI=1S/C16H19N3O2.ClH/c1-11-3-5-14(9-12(11)2)21-16-6-4-13(10-18-16)19-15(20)7-8-17;/h3-6,9-10H,7-8,17H2,1-2H3,(H,19,20);1H. The Morgan fingerprint density at radius 1 is 1.23 bits per heavy atom. The number of benzene rings is 1. The van der Waals surface area contributed by atoms with Crippen molar-refractivity contribution >= 4 is 24.0 Å². The van der Waals surface area contributed by atoms with E-state index in [0.29, 0.717) is 24.5 Å². The first-order chi connectivity index (χ1) is 10.1. The summed E-state index contributed by atoms with van der Waals surface area (Å²) in [5.74, 6) is 1.10. The van der Waals surface area contributed by atoms with Crippen LogP contribution in [0.15, 0.2) is 36.5 Å². The van der Waals surface area contributed by atoms with E-state index in [2.05, 4.69) is 17.2 Å². The van der Waals surface area contributed by atoms with E-state index in [0.717, 1.165) is 11.3 Å². The highest BCUT2D eigenvalue weighted by molar-refractivity contribution is 5.90. The van der Waals surface area contributed by atoms with Crippen LogP contribution in [0.5, 0.6) is 11.6 Å². The number of pyridine rings is 1. The third-order valence-electron chi connectivity index (χ3n) is 3.09. The van der Waals surface area contributed by atoms with Gasteiger partial charge in [0.25, 0.3) is 0 Å². The van der Waals surface area contributed by atoms with Crippen molar-refractivity contribution in [2.45, 2.75) is 20.3 Å². The summed E-state index contributed by atoms with van der Waals surface area (Å²) < 4.78 is 5.68. The molecular formula is C16H20ClN3O2. The van der Waals surface area contributed by atoms with Crippen molar-refractivity contribution in [1.29, 1.82) is 0 Å². The van der Waals surface area contributed by atoms with Crippen molar-refractivity contribution in [2.24, 2.45) is 5.73 Å². The first-order valence-electron chi connectivity index (χ1n) is 6.79. The van der Waals surface area contributed by atoms with Gasteiger partial charge in [0.2, 0.25) is 11.8 Å². The number of hydrogen-bond acceptors (Lipinski definition) is 4. The summed E-state index contributed by atoms with van der Waals surface area (Å²) in [5.41, 5.74) is 8.33. The molecule has 22 heavy (non-hydrogen) atoms. The summed E-state index contributed by atoms with van der Waals surface area (Å²) in [7, 11) is 0. The van der Waals surface area contributed by atoms with Crippen LogP contribution in [0.1, 0.15) is 17.5 Å². The number of halogens is 1. The summed E-state index contributed by atoms with van der Waals surface area (Å²) in [6, 6.07) is 9.34. The molecule has 0 saturated carbocycles. The zero-order valence-corrected chi connectivity index (χ0v) is 13.4. The van der Waals surface area contributed by atoms with Crippen LogP contribution in [0.4, 0.5) is 5.69 Å². The van der Waals surface area contributed by atoms with Gasteiger partial charge in [-0.1, -0.05) is 6.07 Å². The maximum atomic E-state index is 11.4. The zero-order valence-electron chi connectivity index (χ0n) is 12.6. The summed E-state index contributed by atoms with van der Waals surface area (Å²) in [6.07, 6.45) is 1.85. The summed E-state index contributed by atoms with van der Waals surface area (Å²) in [4.78, 5) is 15.6. The average molecular weight is 322 g/mol. The Balaban J connectivity index is 0.00000242. The van der Waals surface area contributed by atoms with Crippen LogP contribution in [0.2, 0.25) is 0 Å². The summed E-state index contributed by atoms with van der Waals surface area (Å²) in [5, 5.41) is 2.71. The quantitative estimate of drug-likeness (QED) is 0.886. The molecule has 0 radical (unpaired) electrons. The number of hydrogen-bond donors (Lipinski definition) is 2. The largest absolute Gasteiger partial charge is 0.439 e. The zero-order chi connectivity index (χ0) is 15.2.